The number of nitrogens with two attached hydrogens (primary N) is 1. The van der Waals surface area contributed by atoms with Gasteiger partial charge in [0.15, 0.2) is 0 Å². The van der Waals surface area contributed by atoms with Crippen LogP contribution in [0.3, 0.4) is 0 Å². The van der Waals surface area contributed by atoms with Crippen molar-refractivity contribution in [2.45, 2.75) is 25.3 Å². The molecule has 0 spiro atoms. The van der Waals surface area contributed by atoms with Crippen LogP contribution in [-0.4, -0.2) is 44.2 Å². The molecule has 1 amide bonds. The zero-order chi connectivity index (χ0) is 15.7. The van der Waals surface area contributed by atoms with E-state index in [4.69, 9.17) is 15.2 Å². The third kappa shape index (κ3) is 3.40. The molecule has 3 unspecified atom stereocenters. The SMILES string of the molecule is COc1cccc(OC)c1CC(=O)N1CC2CCC(N)C2C1.Cl. The van der Waals surface area contributed by atoms with Gasteiger partial charge in [0.1, 0.15) is 11.5 Å². The summed E-state index contributed by atoms with van der Waals surface area (Å²) in [6, 6.07) is 5.84. The Morgan fingerprint density at radius 1 is 1.22 bits per heavy atom. The number of carbonyl (C=O) groups is 1. The molecule has 5 nitrogen and oxygen atoms in total. The second-order valence-corrected chi connectivity index (χ2v) is 6.28. The molecule has 0 radical (unpaired) electrons. The fourth-order valence-corrected chi connectivity index (χ4v) is 3.88. The molecule has 2 aliphatic rings. The molecular weight excluding hydrogens is 316 g/mol. The van der Waals surface area contributed by atoms with Gasteiger partial charge in [0.2, 0.25) is 5.91 Å². The number of hydrogen-bond donors (Lipinski definition) is 1. The first-order chi connectivity index (χ1) is 10.6. The third-order valence-corrected chi connectivity index (χ3v) is 5.12. The van der Waals surface area contributed by atoms with Crippen LogP contribution < -0.4 is 15.2 Å². The summed E-state index contributed by atoms with van der Waals surface area (Å²) in [7, 11) is 3.23. The van der Waals surface area contributed by atoms with Gasteiger partial charge in [-0.05, 0) is 36.8 Å². The van der Waals surface area contributed by atoms with Crippen LogP contribution >= 0.6 is 12.4 Å². The summed E-state index contributed by atoms with van der Waals surface area (Å²) in [4.78, 5) is 14.6. The largest absolute Gasteiger partial charge is 0.496 e. The van der Waals surface area contributed by atoms with Crippen LogP contribution in [0.5, 0.6) is 11.5 Å². The third-order valence-electron chi connectivity index (χ3n) is 5.12. The molecule has 1 aliphatic heterocycles. The molecule has 2 N–H and O–H groups in total. The minimum Gasteiger partial charge on any atom is -0.496 e. The lowest BCUT2D eigenvalue weighted by Gasteiger charge is -2.20. The fourth-order valence-electron chi connectivity index (χ4n) is 3.88. The average Bonchev–Trinajstić information content (AvgIpc) is 3.10. The summed E-state index contributed by atoms with van der Waals surface area (Å²) in [5.74, 6) is 2.58. The van der Waals surface area contributed by atoms with Crippen LogP contribution in [0.2, 0.25) is 0 Å². The van der Waals surface area contributed by atoms with Gasteiger partial charge < -0.3 is 20.1 Å². The van der Waals surface area contributed by atoms with E-state index in [0.717, 1.165) is 31.5 Å². The van der Waals surface area contributed by atoms with Gasteiger partial charge in [0.25, 0.3) is 0 Å². The molecule has 0 aromatic heterocycles. The molecule has 6 heteroatoms. The predicted octanol–water partition coefficient (Wildman–Crippen LogP) is 1.86. The highest BCUT2D eigenvalue weighted by molar-refractivity contribution is 5.85. The van der Waals surface area contributed by atoms with Crippen molar-refractivity contribution in [1.82, 2.24) is 4.90 Å². The van der Waals surface area contributed by atoms with Gasteiger partial charge >= 0.3 is 0 Å². The Bertz CT molecular complexity index is 545. The number of benzene rings is 1. The fraction of sp³-hybridized carbons (Fsp3) is 0.588. The van der Waals surface area contributed by atoms with E-state index in [9.17, 15) is 4.79 Å². The second-order valence-electron chi connectivity index (χ2n) is 6.28. The molecular formula is C17H25ClN2O3. The second kappa shape index (κ2) is 7.41. The van der Waals surface area contributed by atoms with Crippen molar-refractivity contribution in [3.05, 3.63) is 23.8 Å². The number of ether oxygens (including phenoxy) is 2. The van der Waals surface area contributed by atoms with E-state index < -0.39 is 0 Å². The number of rotatable bonds is 4. The van der Waals surface area contributed by atoms with Gasteiger partial charge in [0.05, 0.1) is 20.6 Å². The van der Waals surface area contributed by atoms with Gasteiger partial charge in [-0.25, -0.2) is 0 Å². The Morgan fingerprint density at radius 3 is 2.43 bits per heavy atom. The van der Waals surface area contributed by atoms with Crippen molar-refractivity contribution < 1.29 is 14.3 Å². The number of hydrogen-bond acceptors (Lipinski definition) is 4. The van der Waals surface area contributed by atoms with E-state index in [1.54, 1.807) is 14.2 Å². The van der Waals surface area contributed by atoms with Gasteiger partial charge in [-0.1, -0.05) is 6.07 Å². The highest BCUT2D eigenvalue weighted by Gasteiger charge is 2.42. The first-order valence-corrected chi connectivity index (χ1v) is 7.87. The van der Waals surface area contributed by atoms with Gasteiger partial charge in [-0.3, -0.25) is 4.79 Å². The van der Waals surface area contributed by atoms with Crippen LogP contribution in [0.4, 0.5) is 0 Å². The molecule has 1 saturated carbocycles. The molecule has 1 aromatic rings. The summed E-state index contributed by atoms with van der Waals surface area (Å²) < 4.78 is 10.7. The average molecular weight is 341 g/mol. The number of amides is 1. The molecule has 1 heterocycles. The van der Waals surface area contributed by atoms with Crippen LogP contribution in [0.1, 0.15) is 18.4 Å². The lowest BCUT2D eigenvalue weighted by Crippen LogP contribution is -2.34. The van der Waals surface area contributed by atoms with E-state index >= 15 is 0 Å². The summed E-state index contributed by atoms with van der Waals surface area (Å²) in [6.45, 7) is 1.64. The number of carbonyl (C=O) groups excluding carboxylic acids is 1. The van der Waals surface area contributed by atoms with E-state index in [0.29, 0.717) is 29.8 Å². The minimum absolute atomic E-state index is 0. The van der Waals surface area contributed by atoms with Gasteiger partial charge in [-0.15, -0.1) is 12.4 Å². The van der Waals surface area contributed by atoms with E-state index in [1.807, 2.05) is 23.1 Å². The molecule has 128 valence electrons. The van der Waals surface area contributed by atoms with Gasteiger partial charge in [-0.2, -0.15) is 0 Å². The maximum atomic E-state index is 12.7. The molecule has 0 bridgehead atoms. The minimum atomic E-state index is 0. The predicted molar refractivity (Wildman–Crippen MR) is 91.3 cm³/mol. The zero-order valence-corrected chi connectivity index (χ0v) is 14.5. The molecule has 3 atom stereocenters. The summed E-state index contributed by atoms with van der Waals surface area (Å²) >= 11 is 0. The van der Waals surface area contributed by atoms with Crippen LogP contribution in [0.15, 0.2) is 18.2 Å². The number of likely N-dealkylation sites (tertiary alicyclic amines) is 1. The van der Waals surface area contributed by atoms with E-state index in [-0.39, 0.29) is 24.4 Å². The lowest BCUT2D eigenvalue weighted by molar-refractivity contribution is -0.129. The Kier molecular flexibility index (Phi) is 5.76. The highest BCUT2D eigenvalue weighted by atomic mass is 35.5. The van der Waals surface area contributed by atoms with E-state index in [2.05, 4.69) is 0 Å². The van der Waals surface area contributed by atoms with Crippen molar-refractivity contribution in [3.8, 4) is 11.5 Å². The summed E-state index contributed by atoms with van der Waals surface area (Å²) in [6.07, 6.45) is 2.55. The Hall–Kier alpha value is -1.46. The first kappa shape index (κ1) is 17.9. The molecule has 23 heavy (non-hydrogen) atoms. The highest BCUT2D eigenvalue weighted by Crippen LogP contribution is 2.38. The molecule has 1 saturated heterocycles. The monoisotopic (exact) mass is 340 g/mol. The Labute approximate surface area is 143 Å². The standard InChI is InChI=1S/C17H24N2O3.ClH/c1-21-15-4-3-5-16(22-2)12(15)8-17(20)19-9-11-6-7-14(18)13(11)10-19;/h3-5,11,13-14H,6-10,18H2,1-2H3;1H. The molecule has 3 rings (SSSR count). The van der Waals surface area contributed by atoms with Crippen molar-refractivity contribution in [2.75, 3.05) is 27.3 Å². The smallest absolute Gasteiger partial charge is 0.227 e. The summed E-state index contributed by atoms with van der Waals surface area (Å²) in [5.41, 5.74) is 6.97. The maximum Gasteiger partial charge on any atom is 0.227 e. The molecule has 1 aromatic carbocycles. The number of halogens is 1. The lowest BCUT2D eigenvalue weighted by atomic mass is 9.98. The van der Waals surface area contributed by atoms with E-state index in [1.165, 1.54) is 0 Å². The number of nitrogens with zero attached hydrogens (tertiary/aromatic N) is 1. The van der Waals surface area contributed by atoms with Crippen molar-refractivity contribution in [1.29, 1.82) is 0 Å². The number of methoxy groups -OCH3 is 2. The number of fused-ring (bicyclic) bond motifs is 1. The molecule has 1 aliphatic carbocycles. The molecule has 2 fully saturated rings. The van der Waals surface area contributed by atoms with Crippen LogP contribution in [0.25, 0.3) is 0 Å². The van der Waals surface area contributed by atoms with Crippen molar-refractivity contribution >= 4 is 18.3 Å². The zero-order valence-electron chi connectivity index (χ0n) is 13.7. The quantitative estimate of drug-likeness (QED) is 0.908. The normalized spacial score (nSPS) is 25.7. The van der Waals surface area contributed by atoms with Crippen LogP contribution in [-0.2, 0) is 11.2 Å². The first-order valence-electron chi connectivity index (χ1n) is 7.87. The maximum absolute atomic E-state index is 12.7. The van der Waals surface area contributed by atoms with Crippen molar-refractivity contribution in [3.63, 3.8) is 0 Å². The van der Waals surface area contributed by atoms with Crippen molar-refractivity contribution in [2.24, 2.45) is 17.6 Å². The Morgan fingerprint density at radius 2 is 1.87 bits per heavy atom. The Balaban J connectivity index is 0.00000192. The van der Waals surface area contributed by atoms with Crippen LogP contribution in [0, 0.1) is 11.8 Å². The van der Waals surface area contributed by atoms with Gasteiger partial charge in [0, 0.05) is 24.7 Å². The summed E-state index contributed by atoms with van der Waals surface area (Å²) in [5, 5.41) is 0. The topological polar surface area (TPSA) is 64.8 Å².